The van der Waals surface area contributed by atoms with Crippen molar-refractivity contribution in [2.45, 2.75) is 39.0 Å². The van der Waals surface area contributed by atoms with Gasteiger partial charge in [-0.05, 0) is 43.2 Å². The van der Waals surface area contributed by atoms with Gasteiger partial charge in [-0.15, -0.1) is 0 Å². The Bertz CT molecular complexity index is 453. The zero-order valence-electron chi connectivity index (χ0n) is 11.4. The van der Waals surface area contributed by atoms with Gasteiger partial charge in [-0.3, -0.25) is 0 Å². The van der Waals surface area contributed by atoms with Crippen LogP contribution in [0.4, 0.5) is 0 Å². The van der Waals surface area contributed by atoms with E-state index in [2.05, 4.69) is 68.4 Å². The summed E-state index contributed by atoms with van der Waals surface area (Å²) in [6.07, 6.45) is 3.63. The van der Waals surface area contributed by atoms with Crippen molar-refractivity contribution in [2.75, 3.05) is 0 Å². The molecule has 0 amide bonds. The van der Waals surface area contributed by atoms with Gasteiger partial charge >= 0.3 is 0 Å². The fourth-order valence-electron chi connectivity index (χ4n) is 2.43. The number of hydrogen-bond donors (Lipinski definition) is 0. The van der Waals surface area contributed by atoms with Crippen molar-refractivity contribution in [1.82, 2.24) is 0 Å². The molecule has 2 aromatic rings. The van der Waals surface area contributed by atoms with Crippen molar-refractivity contribution in [3.8, 4) is 0 Å². The molecule has 2 aromatic carbocycles. The first-order chi connectivity index (χ1) is 8.79. The Hall–Kier alpha value is -1.56. The standard InChI is InChI=1S/C18H22/c1-3-17(18-7-5-4-6-8-18)14-13-16-11-9-15(2)10-12-16/h4-12,17H,3,13-14H2,1-2H3. The van der Waals surface area contributed by atoms with Crippen LogP contribution in [-0.2, 0) is 6.42 Å². The normalized spacial score (nSPS) is 12.3. The molecule has 0 N–H and O–H groups in total. The van der Waals surface area contributed by atoms with Gasteiger partial charge in [-0.2, -0.15) is 0 Å². The average molecular weight is 238 g/mol. The van der Waals surface area contributed by atoms with E-state index in [1.807, 2.05) is 0 Å². The zero-order chi connectivity index (χ0) is 12.8. The Balaban J connectivity index is 1.97. The van der Waals surface area contributed by atoms with E-state index in [4.69, 9.17) is 0 Å². The maximum Gasteiger partial charge on any atom is -0.0161 e. The Morgan fingerprint density at radius 3 is 2.17 bits per heavy atom. The second-order valence-corrected chi connectivity index (χ2v) is 5.04. The molecule has 2 rings (SSSR count). The minimum absolute atomic E-state index is 0.688. The lowest BCUT2D eigenvalue weighted by Gasteiger charge is -2.15. The van der Waals surface area contributed by atoms with Crippen LogP contribution in [0.5, 0.6) is 0 Å². The molecule has 0 saturated heterocycles. The monoisotopic (exact) mass is 238 g/mol. The summed E-state index contributed by atoms with van der Waals surface area (Å²) in [7, 11) is 0. The summed E-state index contributed by atoms with van der Waals surface area (Å²) >= 11 is 0. The lowest BCUT2D eigenvalue weighted by molar-refractivity contribution is 0.606. The maximum atomic E-state index is 2.28. The van der Waals surface area contributed by atoms with Gasteiger partial charge in [0.1, 0.15) is 0 Å². The van der Waals surface area contributed by atoms with Crippen molar-refractivity contribution < 1.29 is 0 Å². The summed E-state index contributed by atoms with van der Waals surface area (Å²) in [5.74, 6) is 0.688. The molecule has 0 heteroatoms. The highest BCUT2D eigenvalue weighted by Gasteiger charge is 2.08. The molecule has 0 radical (unpaired) electrons. The van der Waals surface area contributed by atoms with Crippen LogP contribution in [0.2, 0.25) is 0 Å². The summed E-state index contributed by atoms with van der Waals surface area (Å²) in [4.78, 5) is 0. The van der Waals surface area contributed by atoms with Gasteiger partial charge < -0.3 is 0 Å². The van der Waals surface area contributed by atoms with Crippen LogP contribution < -0.4 is 0 Å². The van der Waals surface area contributed by atoms with Crippen molar-refractivity contribution in [2.24, 2.45) is 0 Å². The fourth-order valence-corrected chi connectivity index (χ4v) is 2.43. The molecular weight excluding hydrogens is 216 g/mol. The lowest BCUT2D eigenvalue weighted by Crippen LogP contribution is -1.99. The van der Waals surface area contributed by atoms with Crippen molar-refractivity contribution in [3.05, 3.63) is 71.3 Å². The smallest absolute Gasteiger partial charge is 0.0161 e. The minimum Gasteiger partial charge on any atom is -0.0648 e. The number of aryl methyl sites for hydroxylation is 2. The molecule has 1 atom stereocenters. The predicted octanol–water partition coefficient (Wildman–Crippen LogP) is 5.12. The van der Waals surface area contributed by atoms with E-state index < -0.39 is 0 Å². The third-order valence-corrected chi connectivity index (χ3v) is 3.67. The van der Waals surface area contributed by atoms with Crippen LogP contribution in [0.1, 0.15) is 42.4 Å². The summed E-state index contributed by atoms with van der Waals surface area (Å²) in [6.45, 7) is 4.43. The van der Waals surface area contributed by atoms with Crippen LogP contribution in [0.15, 0.2) is 54.6 Å². The minimum atomic E-state index is 0.688. The molecule has 0 heterocycles. The molecule has 1 unspecified atom stereocenters. The second kappa shape index (κ2) is 6.39. The van der Waals surface area contributed by atoms with Gasteiger partial charge in [0.25, 0.3) is 0 Å². The van der Waals surface area contributed by atoms with Crippen LogP contribution >= 0.6 is 0 Å². The molecule has 0 nitrogen and oxygen atoms in total. The second-order valence-electron chi connectivity index (χ2n) is 5.04. The lowest BCUT2D eigenvalue weighted by atomic mass is 9.90. The first-order valence-electron chi connectivity index (χ1n) is 6.90. The average Bonchev–Trinajstić information content (AvgIpc) is 2.43. The highest BCUT2D eigenvalue weighted by Crippen LogP contribution is 2.24. The van der Waals surface area contributed by atoms with Gasteiger partial charge in [-0.25, -0.2) is 0 Å². The van der Waals surface area contributed by atoms with E-state index in [1.165, 1.54) is 36.0 Å². The van der Waals surface area contributed by atoms with Gasteiger partial charge in [0, 0.05) is 0 Å². The van der Waals surface area contributed by atoms with E-state index in [9.17, 15) is 0 Å². The summed E-state index contributed by atoms with van der Waals surface area (Å²) in [6, 6.07) is 19.8. The van der Waals surface area contributed by atoms with Gasteiger partial charge in [0.2, 0.25) is 0 Å². The van der Waals surface area contributed by atoms with Crippen LogP contribution in [0, 0.1) is 6.92 Å². The quantitative estimate of drug-likeness (QED) is 0.678. The highest BCUT2D eigenvalue weighted by atomic mass is 14.1. The Morgan fingerprint density at radius 2 is 1.56 bits per heavy atom. The van der Waals surface area contributed by atoms with Crippen LogP contribution in [-0.4, -0.2) is 0 Å². The van der Waals surface area contributed by atoms with Crippen LogP contribution in [0.25, 0.3) is 0 Å². The van der Waals surface area contributed by atoms with Gasteiger partial charge in [-0.1, -0.05) is 67.1 Å². The molecule has 18 heavy (non-hydrogen) atoms. The predicted molar refractivity (Wildman–Crippen MR) is 79.0 cm³/mol. The van der Waals surface area contributed by atoms with E-state index in [0.717, 1.165) is 0 Å². The van der Waals surface area contributed by atoms with Crippen molar-refractivity contribution in [1.29, 1.82) is 0 Å². The van der Waals surface area contributed by atoms with E-state index in [1.54, 1.807) is 0 Å². The van der Waals surface area contributed by atoms with E-state index in [-0.39, 0.29) is 0 Å². The number of benzene rings is 2. The van der Waals surface area contributed by atoms with E-state index in [0.29, 0.717) is 5.92 Å². The Morgan fingerprint density at radius 1 is 0.889 bits per heavy atom. The molecule has 0 bridgehead atoms. The molecular formula is C18H22. The highest BCUT2D eigenvalue weighted by molar-refractivity contribution is 5.23. The maximum absolute atomic E-state index is 2.28. The summed E-state index contributed by atoms with van der Waals surface area (Å²) in [5, 5.41) is 0. The zero-order valence-corrected chi connectivity index (χ0v) is 11.4. The number of rotatable bonds is 5. The SMILES string of the molecule is CCC(CCc1ccc(C)cc1)c1ccccc1. The van der Waals surface area contributed by atoms with Crippen molar-refractivity contribution in [3.63, 3.8) is 0 Å². The third kappa shape index (κ3) is 3.46. The molecule has 94 valence electrons. The third-order valence-electron chi connectivity index (χ3n) is 3.67. The largest absolute Gasteiger partial charge is 0.0648 e. The molecule has 0 spiro atoms. The first kappa shape index (κ1) is 12.9. The summed E-state index contributed by atoms with van der Waals surface area (Å²) in [5.41, 5.74) is 4.27. The fraction of sp³-hybridized carbons (Fsp3) is 0.333. The number of hydrogen-bond acceptors (Lipinski definition) is 0. The Labute approximate surface area is 111 Å². The molecule has 0 aliphatic rings. The first-order valence-corrected chi connectivity index (χ1v) is 6.90. The Kier molecular flexibility index (Phi) is 4.58. The van der Waals surface area contributed by atoms with E-state index >= 15 is 0 Å². The molecule has 0 saturated carbocycles. The topological polar surface area (TPSA) is 0 Å². The molecule has 0 aliphatic carbocycles. The molecule has 0 aromatic heterocycles. The van der Waals surface area contributed by atoms with Gasteiger partial charge in [0.15, 0.2) is 0 Å². The van der Waals surface area contributed by atoms with Gasteiger partial charge in [0.05, 0.1) is 0 Å². The molecule has 0 aliphatic heterocycles. The van der Waals surface area contributed by atoms with Crippen molar-refractivity contribution >= 4 is 0 Å². The molecule has 0 fully saturated rings. The van der Waals surface area contributed by atoms with Crippen LogP contribution in [0.3, 0.4) is 0 Å². The summed E-state index contributed by atoms with van der Waals surface area (Å²) < 4.78 is 0.